The fourth-order valence-electron chi connectivity index (χ4n) is 1.44. The Morgan fingerprint density at radius 1 is 1.19 bits per heavy atom. The summed E-state index contributed by atoms with van der Waals surface area (Å²) in [5.74, 6) is 1.43. The Bertz CT molecular complexity index is 469. The van der Waals surface area contributed by atoms with E-state index in [-0.39, 0.29) is 0 Å². The molecule has 0 aliphatic carbocycles. The average Bonchev–Trinajstić information content (AvgIpc) is 2.33. The normalized spacial score (nSPS) is 10.1. The van der Waals surface area contributed by atoms with Crippen molar-refractivity contribution in [1.82, 2.24) is 4.98 Å². The van der Waals surface area contributed by atoms with Crippen LogP contribution in [0.4, 0.5) is 5.69 Å². The van der Waals surface area contributed by atoms with E-state index in [2.05, 4.69) is 11.9 Å². The van der Waals surface area contributed by atoms with Gasteiger partial charge in [-0.3, -0.25) is 4.98 Å². The third-order valence-electron chi connectivity index (χ3n) is 2.36. The molecule has 1 aromatic carbocycles. The molecule has 1 aromatic heterocycles. The Morgan fingerprint density at radius 2 is 1.94 bits per heavy atom. The van der Waals surface area contributed by atoms with Gasteiger partial charge in [-0.1, -0.05) is 13.0 Å². The van der Waals surface area contributed by atoms with E-state index in [9.17, 15) is 0 Å². The zero-order valence-electron chi connectivity index (χ0n) is 9.18. The van der Waals surface area contributed by atoms with Crippen molar-refractivity contribution in [3.63, 3.8) is 0 Å². The predicted molar refractivity (Wildman–Crippen MR) is 64.5 cm³/mol. The van der Waals surface area contributed by atoms with Gasteiger partial charge in [-0.2, -0.15) is 0 Å². The maximum absolute atomic E-state index is 5.90. The summed E-state index contributed by atoms with van der Waals surface area (Å²) in [6.45, 7) is 2.10. The molecule has 2 rings (SSSR count). The van der Waals surface area contributed by atoms with Gasteiger partial charge in [-0.15, -0.1) is 0 Å². The summed E-state index contributed by atoms with van der Waals surface area (Å²) in [6.07, 6.45) is 4.34. The molecular weight excluding hydrogens is 200 g/mol. The first-order valence-corrected chi connectivity index (χ1v) is 5.26. The number of hydrogen-bond acceptors (Lipinski definition) is 3. The number of aryl methyl sites for hydroxylation is 1. The number of hydrogen-bond donors (Lipinski definition) is 1. The molecule has 0 unspecified atom stereocenters. The number of ether oxygens (including phenoxy) is 1. The van der Waals surface area contributed by atoms with Gasteiger partial charge >= 0.3 is 0 Å². The van der Waals surface area contributed by atoms with Crippen molar-refractivity contribution < 1.29 is 4.74 Å². The first-order chi connectivity index (χ1) is 7.79. The molecule has 0 atom stereocenters. The fraction of sp³-hybridized carbons (Fsp3) is 0.154. The molecule has 0 fully saturated rings. The van der Waals surface area contributed by atoms with Crippen LogP contribution in [0.25, 0.3) is 0 Å². The molecule has 3 nitrogen and oxygen atoms in total. The van der Waals surface area contributed by atoms with Gasteiger partial charge in [0.15, 0.2) is 0 Å². The summed E-state index contributed by atoms with van der Waals surface area (Å²) in [4.78, 5) is 3.93. The van der Waals surface area contributed by atoms with Gasteiger partial charge in [0.05, 0.1) is 5.69 Å². The van der Waals surface area contributed by atoms with Crippen molar-refractivity contribution in [2.24, 2.45) is 0 Å². The molecule has 0 saturated carbocycles. The van der Waals surface area contributed by atoms with E-state index in [1.165, 1.54) is 5.56 Å². The van der Waals surface area contributed by atoms with Gasteiger partial charge in [-0.25, -0.2) is 0 Å². The van der Waals surface area contributed by atoms with Crippen LogP contribution >= 0.6 is 0 Å². The summed E-state index contributed by atoms with van der Waals surface area (Å²) >= 11 is 0. The summed E-state index contributed by atoms with van der Waals surface area (Å²) in [5.41, 5.74) is 7.78. The van der Waals surface area contributed by atoms with E-state index < -0.39 is 0 Å². The molecular formula is C13H14N2O. The van der Waals surface area contributed by atoms with Crippen LogP contribution in [0.3, 0.4) is 0 Å². The monoisotopic (exact) mass is 214 g/mol. The highest BCUT2D eigenvalue weighted by Crippen LogP contribution is 2.27. The van der Waals surface area contributed by atoms with Gasteiger partial charge in [-0.05, 0) is 36.2 Å². The van der Waals surface area contributed by atoms with Crippen LogP contribution in [0, 0.1) is 0 Å². The molecule has 2 N–H and O–H groups in total. The van der Waals surface area contributed by atoms with E-state index in [1.807, 2.05) is 18.2 Å². The number of benzene rings is 1. The van der Waals surface area contributed by atoms with Crippen molar-refractivity contribution >= 4 is 5.69 Å². The molecule has 82 valence electrons. The van der Waals surface area contributed by atoms with Crippen LogP contribution in [0.5, 0.6) is 11.5 Å². The van der Waals surface area contributed by atoms with Crippen LogP contribution < -0.4 is 10.5 Å². The molecule has 0 amide bonds. The molecule has 0 radical (unpaired) electrons. The molecule has 1 heterocycles. The summed E-state index contributed by atoms with van der Waals surface area (Å²) in [5, 5.41) is 0. The van der Waals surface area contributed by atoms with Gasteiger partial charge in [0, 0.05) is 12.4 Å². The van der Waals surface area contributed by atoms with Crippen LogP contribution in [0.2, 0.25) is 0 Å². The first kappa shape index (κ1) is 10.5. The molecule has 0 aliphatic rings. The Hall–Kier alpha value is -2.03. The number of nitrogen functional groups attached to an aromatic ring is 1. The Labute approximate surface area is 94.9 Å². The minimum Gasteiger partial charge on any atom is -0.455 e. The lowest BCUT2D eigenvalue weighted by atomic mass is 10.1. The van der Waals surface area contributed by atoms with Gasteiger partial charge in [0.2, 0.25) is 0 Å². The molecule has 0 spiro atoms. The number of nitrogens with zero attached hydrogens (tertiary/aromatic N) is 1. The second kappa shape index (κ2) is 4.66. The van der Waals surface area contributed by atoms with Crippen molar-refractivity contribution in [2.45, 2.75) is 13.3 Å². The summed E-state index contributed by atoms with van der Waals surface area (Å²) in [6, 6.07) is 9.46. The zero-order chi connectivity index (χ0) is 11.4. The van der Waals surface area contributed by atoms with E-state index in [0.29, 0.717) is 11.4 Å². The highest BCUT2D eigenvalue weighted by molar-refractivity contribution is 5.55. The van der Waals surface area contributed by atoms with E-state index in [4.69, 9.17) is 10.5 Å². The minimum atomic E-state index is 0.663. The molecule has 2 aromatic rings. The molecule has 0 aliphatic heterocycles. The summed E-state index contributed by atoms with van der Waals surface area (Å²) < 4.78 is 5.64. The summed E-state index contributed by atoms with van der Waals surface area (Å²) in [7, 11) is 0. The number of rotatable bonds is 3. The van der Waals surface area contributed by atoms with Crippen molar-refractivity contribution in [3.8, 4) is 11.5 Å². The van der Waals surface area contributed by atoms with Gasteiger partial charge in [0.1, 0.15) is 11.5 Å². The Kier molecular flexibility index (Phi) is 3.05. The van der Waals surface area contributed by atoms with Crippen molar-refractivity contribution in [3.05, 3.63) is 48.3 Å². The molecule has 0 bridgehead atoms. The maximum atomic E-state index is 5.90. The quantitative estimate of drug-likeness (QED) is 0.799. The highest BCUT2D eigenvalue weighted by atomic mass is 16.5. The standard InChI is InChI=1S/C13H14N2O/c1-2-10-3-4-13(12(14)9-10)16-11-5-7-15-8-6-11/h3-9H,2,14H2,1H3. The van der Waals surface area contributed by atoms with Gasteiger partial charge < -0.3 is 10.5 Å². The number of anilines is 1. The van der Waals surface area contributed by atoms with Crippen LogP contribution in [0.15, 0.2) is 42.7 Å². The highest BCUT2D eigenvalue weighted by Gasteiger charge is 2.02. The number of nitrogens with two attached hydrogens (primary N) is 1. The molecule has 0 saturated heterocycles. The fourth-order valence-corrected chi connectivity index (χ4v) is 1.44. The third-order valence-corrected chi connectivity index (χ3v) is 2.36. The van der Waals surface area contributed by atoms with E-state index >= 15 is 0 Å². The number of aromatic nitrogens is 1. The zero-order valence-corrected chi connectivity index (χ0v) is 9.18. The Morgan fingerprint density at radius 3 is 2.56 bits per heavy atom. The van der Waals surface area contributed by atoms with E-state index in [0.717, 1.165) is 12.2 Å². The van der Waals surface area contributed by atoms with Gasteiger partial charge in [0.25, 0.3) is 0 Å². The van der Waals surface area contributed by atoms with Crippen LogP contribution in [-0.2, 0) is 6.42 Å². The third kappa shape index (κ3) is 2.31. The van der Waals surface area contributed by atoms with E-state index in [1.54, 1.807) is 24.5 Å². The largest absolute Gasteiger partial charge is 0.455 e. The van der Waals surface area contributed by atoms with Crippen LogP contribution in [0.1, 0.15) is 12.5 Å². The topological polar surface area (TPSA) is 48.1 Å². The second-order valence-electron chi connectivity index (χ2n) is 3.51. The number of pyridine rings is 1. The SMILES string of the molecule is CCc1ccc(Oc2ccncc2)c(N)c1. The van der Waals surface area contributed by atoms with Crippen molar-refractivity contribution in [1.29, 1.82) is 0 Å². The lowest BCUT2D eigenvalue weighted by Gasteiger charge is -2.09. The second-order valence-corrected chi connectivity index (χ2v) is 3.51. The molecule has 16 heavy (non-hydrogen) atoms. The Balaban J connectivity index is 2.22. The lowest BCUT2D eigenvalue weighted by Crippen LogP contribution is -1.93. The average molecular weight is 214 g/mol. The molecule has 3 heteroatoms. The minimum absolute atomic E-state index is 0.663. The smallest absolute Gasteiger partial charge is 0.150 e. The lowest BCUT2D eigenvalue weighted by molar-refractivity contribution is 0.484. The van der Waals surface area contributed by atoms with Crippen molar-refractivity contribution in [2.75, 3.05) is 5.73 Å². The predicted octanol–water partition coefficient (Wildman–Crippen LogP) is 3.02. The maximum Gasteiger partial charge on any atom is 0.150 e. The van der Waals surface area contributed by atoms with Crippen LogP contribution in [-0.4, -0.2) is 4.98 Å². The first-order valence-electron chi connectivity index (χ1n) is 5.26.